The number of esters is 2. The van der Waals surface area contributed by atoms with Crippen molar-refractivity contribution in [1.82, 2.24) is 4.98 Å². The van der Waals surface area contributed by atoms with Crippen molar-refractivity contribution >= 4 is 22.8 Å². The molecule has 1 N–H and O–H groups in total. The van der Waals surface area contributed by atoms with E-state index < -0.39 is 17.4 Å². The molecule has 6 heteroatoms. The predicted octanol–water partition coefficient (Wildman–Crippen LogP) is 2.10. The van der Waals surface area contributed by atoms with Crippen LogP contribution in [0, 0.1) is 0 Å². The van der Waals surface area contributed by atoms with Crippen LogP contribution in [-0.4, -0.2) is 38.3 Å². The molecule has 1 aliphatic rings. The topological polar surface area (TPSA) is 77.6 Å². The summed E-state index contributed by atoms with van der Waals surface area (Å²) in [5.41, 5.74) is 0.949. The summed E-state index contributed by atoms with van der Waals surface area (Å²) in [5.74, 6) is -0.459. The highest BCUT2D eigenvalue weighted by atomic mass is 16.5. The third-order valence-corrected chi connectivity index (χ3v) is 4.59. The van der Waals surface area contributed by atoms with Crippen LogP contribution in [-0.2, 0) is 30.9 Å². The number of hydrogen-bond donors (Lipinski definition) is 1. The Morgan fingerprint density at radius 1 is 1.13 bits per heavy atom. The molecule has 0 spiro atoms. The van der Waals surface area contributed by atoms with Crippen LogP contribution >= 0.6 is 0 Å². The van der Waals surface area contributed by atoms with E-state index >= 15 is 0 Å². The Labute approximate surface area is 133 Å². The maximum atomic E-state index is 12.5. The standard InChI is InChI=1S/C17H19NO5/c1-21-10-6-7-13-12(9-10)11-5-4-8-17(14(11)18-13,15(19)22-2)16(20)23-3/h6-7,9,18H,4-5,8H2,1-3H3. The molecule has 1 heterocycles. The summed E-state index contributed by atoms with van der Waals surface area (Å²) in [4.78, 5) is 28.2. The second kappa shape index (κ2) is 5.61. The number of aromatic nitrogens is 1. The van der Waals surface area contributed by atoms with E-state index in [1.54, 1.807) is 7.11 Å². The summed E-state index contributed by atoms with van der Waals surface area (Å²) in [7, 11) is 4.17. The van der Waals surface area contributed by atoms with Crippen LogP contribution in [0.1, 0.15) is 24.1 Å². The minimum Gasteiger partial charge on any atom is -0.497 e. The van der Waals surface area contributed by atoms with E-state index in [0.717, 1.165) is 28.6 Å². The van der Waals surface area contributed by atoms with Crippen LogP contribution in [0.4, 0.5) is 0 Å². The summed E-state index contributed by atoms with van der Waals surface area (Å²) < 4.78 is 15.1. The monoisotopic (exact) mass is 317 g/mol. The maximum absolute atomic E-state index is 12.5. The van der Waals surface area contributed by atoms with Gasteiger partial charge in [-0.15, -0.1) is 0 Å². The van der Waals surface area contributed by atoms with Gasteiger partial charge in [0.05, 0.1) is 21.3 Å². The number of fused-ring (bicyclic) bond motifs is 3. The Balaban J connectivity index is 2.29. The third kappa shape index (κ3) is 2.09. The fourth-order valence-corrected chi connectivity index (χ4v) is 3.47. The fourth-order valence-electron chi connectivity index (χ4n) is 3.47. The molecule has 0 fully saturated rings. The number of hydrogen-bond acceptors (Lipinski definition) is 5. The first-order chi connectivity index (χ1) is 11.1. The first-order valence-electron chi connectivity index (χ1n) is 7.44. The van der Waals surface area contributed by atoms with Gasteiger partial charge >= 0.3 is 11.9 Å². The van der Waals surface area contributed by atoms with E-state index in [0.29, 0.717) is 18.5 Å². The number of ether oxygens (including phenoxy) is 3. The van der Waals surface area contributed by atoms with Crippen LogP contribution in [0.25, 0.3) is 10.9 Å². The highest BCUT2D eigenvalue weighted by Crippen LogP contribution is 2.42. The molecule has 6 nitrogen and oxygen atoms in total. The Morgan fingerprint density at radius 3 is 2.43 bits per heavy atom. The molecule has 0 unspecified atom stereocenters. The lowest BCUT2D eigenvalue weighted by atomic mass is 9.73. The number of aryl methyl sites for hydroxylation is 1. The number of carbonyl (C=O) groups excluding carboxylic acids is 2. The molecule has 0 amide bonds. The van der Waals surface area contributed by atoms with E-state index in [2.05, 4.69) is 4.98 Å². The molecule has 23 heavy (non-hydrogen) atoms. The van der Waals surface area contributed by atoms with Crippen LogP contribution < -0.4 is 4.74 Å². The number of benzene rings is 1. The van der Waals surface area contributed by atoms with E-state index in [-0.39, 0.29) is 0 Å². The van der Waals surface area contributed by atoms with Crippen molar-refractivity contribution in [3.05, 3.63) is 29.5 Å². The van der Waals surface area contributed by atoms with Gasteiger partial charge in [0, 0.05) is 16.6 Å². The second-order valence-corrected chi connectivity index (χ2v) is 5.63. The second-order valence-electron chi connectivity index (χ2n) is 5.63. The van der Waals surface area contributed by atoms with Crippen LogP contribution in [0.2, 0.25) is 0 Å². The van der Waals surface area contributed by atoms with Crippen molar-refractivity contribution < 1.29 is 23.8 Å². The minimum atomic E-state index is -1.43. The predicted molar refractivity (Wildman–Crippen MR) is 83.5 cm³/mol. The third-order valence-electron chi connectivity index (χ3n) is 4.59. The largest absolute Gasteiger partial charge is 0.497 e. The minimum absolute atomic E-state index is 0.364. The molecule has 2 aromatic rings. The van der Waals surface area contributed by atoms with Gasteiger partial charge in [-0.3, -0.25) is 9.59 Å². The molecule has 1 aromatic carbocycles. The van der Waals surface area contributed by atoms with Gasteiger partial charge in [0.2, 0.25) is 5.41 Å². The molecule has 0 saturated heterocycles. The summed E-state index contributed by atoms with van der Waals surface area (Å²) in [6.07, 6.45) is 1.84. The van der Waals surface area contributed by atoms with Gasteiger partial charge in [0.15, 0.2) is 0 Å². The lowest BCUT2D eigenvalue weighted by Gasteiger charge is -2.31. The van der Waals surface area contributed by atoms with Crippen LogP contribution in [0.5, 0.6) is 5.75 Å². The first kappa shape index (κ1) is 15.4. The molecule has 0 aliphatic heterocycles. The number of aromatic amines is 1. The molecule has 1 aliphatic carbocycles. The number of rotatable bonds is 3. The van der Waals surface area contributed by atoms with Crippen molar-refractivity contribution in [3.63, 3.8) is 0 Å². The average molecular weight is 317 g/mol. The molecule has 0 atom stereocenters. The van der Waals surface area contributed by atoms with Crippen molar-refractivity contribution in [3.8, 4) is 5.75 Å². The Hall–Kier alpha value is -2.50. The Bertz CT molecular complexity index is 761. The quantitative estimate of drug-likeness (QED) is 0.693. The van der Waals surface area contributed by atoms with Gasteiger partial charge in [-0.05, 0) is 43.0 Å². The highest BCUT2D eigenvalue weighted by Gasteiger charge is 2.53. The molecule has 0 radical (unpaired) electrons. The molecular weight excluding hydrogens is 298 g/mol. The molecule has 122 valence electrons. The number of nitrogens with one attached hydrogen (secondary N) is 1. The van der Waals surface area contributed by atoms with E-state index in [1.165, 1.54) is 14.2 Å². The summed E-state index contributed by atoms with van der Waals surface area (Å²) in [6, 6.07) is 5.63. The molecular formula is C17H19NO5. The van der Waals surface area contributed by atoms with Gasteiger partial charge in [-0.1, -0.05) is 0 Å². The van der Waals surface area contributed by atoms with Gasteiger partial charge in [-0.2, -0.15) is 0 Å². The zero-order valence-electron chi connectivity index (χ0n) is 13.4. The van der Waals surface area contributed by atoms with Crippen molar-refractivity contribution in [2.24, 2.45) is 0 Å². The highest BCUT2D eigenvalue weighted by molar-refractivity contribution is 6.08. The van der Waals surface area contributed by atoms with Crippen molar-refractivity contribution in [2.75, 3.05) is 21.3 Å². The number of H-pyrrole nitrogens is 1. The molecule has 1 aromatic heterocycles. The van der Waals surface area contributed by atoms with Gasteiger partial charge in [0.25, 0.3) is 0 Å². The van der Waals surface area contributed by atoms with Crippen LogP contribution in [0.15, 0.2) is 18.2 Å². The lowest BCUT2D eigenvalue weighted by Crippen LogP contribution is -2.48. The van der Waals surface area contributed by atoms with Gasteiger partial charge in [0.1, 0.15) is 5.75 Å². The smallest absolute Gasteiger partial charge is 0.329 e. The van der Waals surface area contributed by atoms with Crippen LogP contribution in [0.3, 0.4) is 0 Å². The van der Waals surface area contributed by atoms with Crippen molar-refractivity contribution in [2.45, 2.75) is 24.7 Å². The average Bonchev–Trinajstić information content (AvgIpc) is 2.98. The lowest BCUT2D eigenvalue weighted by molar-refractivity contribution is -0.163. The molecule has 3 rings (SSSR count). The summed E-state index contributed by atoms with van der Waals surface area (Å²) >= 11 is 0. The zero-order chi connectivity index (χ0) is 16.6. The van der Waals surface area contributed by atoms with Gasteiger partial charge < -0.3 is 19.2 Å². The molecule has 0 bridgehead atoms. The van der Waals surface area contributed by atoms with E-state index in [9.17, 15) is 9.59 Å². The number of methoxy groups -OCH3 is 3. The summed E-state index contributed by atoms with van der Waals surface area (Å²) in [6.45, 7) is 0. The molecule has 0 saturated carbocycles. The van der Waals surface area contributed by atoms with E-state index in [1.807, 2.05) is 18.2 Å². The van der Waals surface area contributed by atoms with E-state index in [4.69, 9.17) is 14.2 Å². The SMILES string of the molecule is COC(=O)C1(C(=O)OC)CCCc2c1[nH]c1ccc(OC)cc21. The van der Waals surface area contributed by atoms with Crippen molar-refractivity contribution in [1.29, 1.82) is 0 Å². The normalized spacial score (nSPS) is 15.8. The zero-order valence-corrected chi connectivity index (χ0v) is 13.4. The maximum Gasteiger partial charge on any atom is 0.329 e. The number of carbonyl (C=O) groups is 2. The summed E-state index contributed by atoms with van der Waals surface area (Å²) in [5, 5.41) is 0.955. The Morgan fingerprint density at radius 2 is 1.83 bits per heavy atom. The Kier molecular flexibility index (Phi) is 3.75. The fraction of sp³-hybridized carbons (Fsp3) is 0.412. The first-order valence-corrected chi connectivity index (χ1v) is 7.44. The van der Waals surface area contributed by atoms with Gasteiger partial charge in [-0.25, -0.2) is 0 Å².